The van der Waals surface area contributed by atoms with Gasteiger partial charge in [-0.1, -0.05) is 108 Å². The van der Waals surface area contributed by atoms with E-state index in [2.05, 4.69) is 10.6 Å². The van der Waals surface area contributed by atoms with E-state index in [9.17, 15) is 9.59 Å². The van der Waals surface area contributed by atoms with Crippen molar-refractivity contribution in [3.63, 3.8) is 0 Å². The number of carbonyl (C=O) groups excluding carboxylic acids is 2. The predicted octanol–water partition coefficient (Wildman–Crippen LogP) is 7.04. The van der Waals surface area contributed by atoms with Crippen molar-refractivity contribution in [2.45, 2.75) is 160 Å². The molecule has 2 amide bonds. The fraction of sp³-hybridized carbons (Fsp3) is 0.818. The Labute approximate surface area is 239 Å². The number of aliphatic hydroxyl groups excluding tert-OH is 2. The van der Waals surface area contributed by atoms with Crippen LogP contribution in [0.15, 0.2) is 24.3 Å². The monoisotopic (exact) mass is 548 g/mol. The van der Waals surface area contributed by atoms with Gasteiger partial charge in [0.05, 0.1) is 0 Å². The lowest BCUT2D eigenvalue weighted by Gasteiger charge is -2.37. The first kappa shape index (κ1) is 35.4. The maximum atomic E-state index is 12.2. The second kappa shape index (κ2) is 26.6. The molecule has 0 aromatic carbocycles. The van der Waals surface area contributed by atoms with Crippen molar-refractivity contribution in [1.29, 1.82) is 0 Å². The lowest BCUT2D eigenvalue weighted by atomic mass is 9.86. The predicted molar refractivity (Wildman–Crippen MR) is 163 cm³/mol. The highest BCUT2D eigenvalue weighted by Crippen LogP contribution is 2.20. The summed E-state index contributed by atoms with van der Waals surface area (Å²) in [4.78, 5) is 24.4. The van der Waals surface area contributed by atoms with Gasteiger partial charge in [-0.2, -0.15) is 0 Å². The van der Waals surface area contributed by atoms with Crippen LogP contribution in [0.2, 0.25) is 0 Å². The van der Waals surface area contributed by atoms with Gasteiger partial charge in [0.25, 0.3) is 0 Å². The zero-order chi connectivity index (χ0) is 28.2. The van der Waals surface area contributed by atoms with E-state index in [4.69, 9.17) is 10.2 Å². The summed E-state index contributed by atoms with van der Waals surface area (Å²) in [5.41, 5.74) is 0. The molecule has 226 valence electrons. The molecule has 0 saturated heterocycles. The molecule has 1 aliphatic rings. The van der Waals surface area contributed by atoms with Crippen molar-refractivity contribution in [3.05, 3.63) is 24.3 Å². The Bertz CT molecular complexity index is 650. The zero-order valence-electron chi connectivity index (χ0n) is 24.9. The molecule has 39 heavy (non-hydrogen) atoms. The van der Waals surface area contributed by atoms with E-state index in [0.29, 0.717) is 13.2 Å². The van der Waals surface area contributed by atoms with Crippen molar-refractivity contribution < 1.29 is 19.8 Å². The van der Waals surface area contributed by atoms with Gasteiger partial charge >= 0.3 is 0 Å². The van der Waals surface area contributed by atoms with Crippen LogP contribution in [-0.2, 0) is 9.59 Å². The fourth-order valence-electron chi connectivity index (χ4n) is 5.09. The Morgan fingerprint density at radius 2 is 0.769 bits per heavy atom. The number of unbranched alkanes of at least 4 members (excludes halogenated alkanes) is 19. The van der Waals surface area contributed by atoms with Crippen molar-refractivity contribution in [2.24, 2.45) is 0 Å². The second-order valence-corrected chi connectivity index (χ2v) is 11.4. The number of hydrogen-bond acceptors (Lipinski definition) is 4. The Kier molecular flexibility index (Phi) is 24.1. The van der Waals surface area contributed by atoms with Crippen LogP contribution in [-0.4, -0.2) is 47.3 Å². The van der Waals surface area contributed by atoms with E-state index < -0.39 is 0 Å². The average molecular weight is 549 g/mol. The zero-order valence-corrected chi connectivity index (χ0v) is 24.9. The summed E-state index contributed by atoms with van der Waals surface area (Å²) < 4.78 is 0. The molecule has 4 N–H and O–H groups in total. The molecule has 2 atom stereocenters. The number of nitrogens with one attached hydrogen (secondary N) is 2. The number of aliphatic hydroxyl groups is 2. The number of amides is 2. The highest BCUT2D eigenvalue weighted by molar-refractivity contribution is 5.89. The molecule has 1 aliphatic carbocycles. The van der Waals surface area contributed by atoms with Gasteiger partial charge in [0.15, 0.2) is 0 Å². The molecule has 1 saturated carbocycles. The first-order valence-corrected chi connectivity index (χ1v) is 16.3. The summed E-state index contributed by atoms with van der Waals surface area (Å²) in [6, 6.07) is 0.0679. The number of hydrogen-bond donors (Lipinski definition) is 4. The summed E-state index contributed by atoms with van der Waals surface area (Å²) in [5, 5.41) is 23.6. The van der Waals surface area contributed by atoms with Gasteiger partial charge in [0.1, 0.15) is 0 Å². The molecule has 6 heteroatoms. The maximum Gasteiger partial charge on any atom is 0.243 e. The molecular formula is C33H60N2O4. The van der Waals surface area contributed by atoms with Crippen LogP contribution in [0.1, 0.15) is 148 Å². The summed E-state index contributed by atoms with van der Waals surface area (Å²) in [7, 11) is 0. The average Bonchev–Trinajstić information content (AvgIpc) is 2.93. The maximum absolute atomic E-state index is 12.2. The SMILES string of the molecule is O=C(C=CCCCCCCCCCCCO)N[C@@H]1CC[C@H]1NC(=O)C=CCCCCCCCCCCCCO. The fourth-order valence-corrected chi connectivity index (χ4v) is 5.09. The van der Waals surface area contributed by atoms with Gasteiger partial charge in [0, 0.05) is 25.3 Å². The van der Waals surface area contributed by atoms with Gasteiger partial charge < -0.3 is 20.8 Å². The van der Waals surface area contributed by atoms with Crippen molar-refractivity contribution >= 4 is 11.8 Å². The van der Waals surface area contributed by atoms with Crippen LogP contribution < -0.4 is 10.6 Å². The summed E-state index contributed by atoms with van der Waals surface area (Å²) in [6.45, 7) is 0.639. The third-order valence-electron chi connectivity index (χ3n) is 7.78. The topological polar surface area (TPSA) is 98.7 Å². The molecule has 1 rings (SSSR count). The van der Waals surface area contributed by atoms with E-state index in [-0.39, 0.29) is 23.9 Å². The smallest absolute Gasteiger partial charge is 0.243 e. The second-order valence-electron chi connectivity index (χ2n) is 11.4. The van der Waals surface area contributed by atoms with Gasteiger partial charge in [-0.3, -0.25) is 9.59 Å². The third-order valence-corrected chi connectivity index (χ3v) is 7.78. The van der Waals surface area contributed by atoms with Gasteiger partial charge in [0.2, 0.25) is 11.8 Å². The largest absolute Gasteiger partial charge is 0.396 e. The van der Waals surface area contributed by atoms with E-state index in [0.717, 1.165) is 64.2 Å². The van der Waals surface area contributed by atoms with E-state index >= 15 is 0 Å². The third kappa shape index (κ3) is 21.8. The minimum atomic E-state index is -0.0564. The number of allylic oxidation sites excluding steroid dienone is 2. The minimum Gasteiger partial charge on any atom is -0.396 e. The Morgan fingerprint density at radius 3 is 1.05 bits per heavy atom. The molecule has 0 spiro atoms. The molecule has 0 unspecified atom stereocenters. The molecule has 0 aromatic heterocycles. The van der Waals surface area contributed by atoms with Gasteiger partial charge in [-0.25, -0.2) is 0 Å². The van der Waals surface area contributed by atoms with Crippen LogP contribution in [0, 0.1) is 0 Å². The highest BCUT2D eigenvalue weighted by atomic mass is 16.3. The number of rotatable bonds is 27. The Hall–Kier alpha value is -1.66. The van der Waals surface area contributed by atoms with Crippen LogP contribution in [0.3, 0.4) is 0 Å². The summed E-state index contributed by atoms with van der Waals surface area (Å²) in [6.07, 6.45) is 33.8. The standard InChI is InChI=1S/C33H60N2O4/c36-28-22-18-14-10-6-2-1-4-8-12-16-20-24-32(38)34-30-26-27-31(30)35-33(39)25-21-17-13-9-5-3-7-11-15-19-23-29-37/h20-21,24-25,30-31,36-37H,1-19,22-23,26-29H2,(H,34,38)(H,35,39)/t30-,31-/m1/s1. The first-order chi connectivity index (χ1) is 19.2. The van der Waals surface area contributed by atoms with Crippen LogP contribution in [0.4, 0.5) is 0 Å². The van der Waals surface area contributed by atoms with E-state index in [1.165, 1.54) is 83.5 Å². The molecule has 0 heterocycles. The van der Waals surface area contributed by atoms with Crippen molar-refractivity contribution in [1.82, 2.24) is 10.6 Å². The normalized spacial score (nSPS) is 17.1. The molecule has 6 nitrogen and oxygen atoms in total. The first-order valence-electron chi connectivity index (χ1n) is 16.3. The molecule has 0 aromatic rings. The molecule has 1 fully saturated rings. The van der Waals surface area contributed by atoms with Crippen molar-refractivity contribution in [3.8, 4) is 0 Å². The Balaban J connectivity index is 1.96. The van der Waals surface area contributed by atoms with Crippen LogP contribution >= 0.6 is 0 Å². The van der Waals surface area contributed by atoms with E-state index in [1.54, 1.807) is 12.2 Å². The molecule has 0 aliphatic heterocycles. The quantitative estimate of drug-likeness (QED) is 0.0653. The lowest BCUT2D eigenvalue weighted by Crippen LogP contribution is -2.57. The highest BCUT2D eigenvalue weighted by Gasteiger charge is 2.32. The minimum absolute atomic E-state index is 0.0338. The van der Waals surface area contributed by atoms with Gasteiger partial charge in [-0.05, 0) is 63.5 Å². The van der Waals surface area contributed by atoms with Gasteiger partial charge in [-0.15, -0.1) is 0 Å². The summed E-state index contributed by atoms with van der Waals surface area (Å²) >= 11 is 0. The van der Waals surface area contributed by atoms with Crippen LogP contribution in [0.5, 0.6) is 0 Å². The molecular weight excluding hydrogens is 488 g/mol. The Morgan fingerprint density at radius 1 is 0.487 bits per heavy atom. The van der Waals surface area contributed by atoms with Crippen molar-refractivity contribution in [2.75, 3.05) is 13.2 Å². The van der Waals surface area contributed by atoms with E-state index in [1.807, 2.05) is 12.2 Å². The number of carbonyl (C=O) groups is 2. The molecule has 0 radical (unpaired) electrons. The summed E-state index contributed by atoms with van der Waals surface area (Å²) in [5.74, 6) is -0.111. The lowest BCUT2D eigenvalue weighted by molar-refractivity contribution is -0.121. The van der Waals surface area contributed by atoms with Crippen LogP contribution in [0.25, 0.3) is 0 Å². The molecule has 0 bridgehead atoms.